The molecule has 4 nitrogen and oxygen atoms in total. The second kappa shape index (κ2) is 6.40. The van der Waals surface area contributed by atoms with Gasteiger partial charge in [-0.25, -0.2) is 0 Å². The summed E-state index contributed by atoms with van der Waals surface area (Å²) < 4.78 is 5.21. The molecule has 1 aromatic rings. The number of amides is 1. The van der Waals surface area contributed by atoms with Gasteiger partial charge in [-0.2, -0.15) is 0 Å². The van der Waals surface area contributed by atoms with E-state index in [9.17, 15) is 4.79 Å². The molecule has 0 fully saturated rings. The lowest BCUT2D eigenvalue weighted by molar-refractivity contribution is 0.0921. The normalized spacial score (nSPS) is 13.6. The van der Waals surface area contributed by atoms with Gasteiger partial charge in [0.2, 0.25) is 0 Å². The summed E-state index contributed by atoms with van der Waals surface area (Å²) in [5, 5.41) is 6.22. The molecule has 0 aromatic heterocycles. The lowest BCUT2D eigenvalue weighted by Crippen LogP contribution is -2.29. The largest absolute Gasteiger partial charge is 0.385 e. The highest BCUT2D eigenvalue weighted by Gasteiger charge is 2.16. The maximum Gasteiger partial charge on any atom is 0.251 e. The molecule has 4 heteroatoms. The van der Waals surface area contributed by atoms with E-state index in [2.05, 4.69) is 10.6 Å². The van der Waals surface area contributed by atoms with Gasteiger partial charge in [-0.1, -0.05) is 6.07 Å². The van der Waals surface area contributed by atoms with E-state index in [4.69, 9.17) is 4.74 Å². The Labute approximate surface area is 108 Å². The molecule has 18 heavy (non-hydrogen) atoms. The van der Waals surface area contributed by atoms with Crippen LogP contribution in [-0.4, -0.2) is 32.2 Å². The van der Waals surface area contributed by atoms with Crippen LogP contribution in [-0.2, 0) is 11.2 Å². The third-order valence-electron chi connectivity index (χ3n) is 3.08. The summed E-state index contributed by atoms with van der Waals surface area (Å²) in [7, 11) is 0. The molecule has 98 valence electrons. The Hall–Kier alpha value is -1.55. The van der Waals surface area contributed by atoms with E-state index in [-0.39, 0.29) is 5.91 Å². The number of benzene rings is 1. The minimum Gasteiger partial charge on any atom is -0.385 e. The van der Waals surface area contributed by atoms with Crippen LogP contribution in [0.2, 0.25) is 0 Å². The predicted molar refractivity (Wildman–Crippen MR) is 72.1 cm³/mol. The van der Waals surface area contributed by atoms with E-state index >= 15 is 0 Å². The number of fused-ring (bicyclic) bond motifs is 1. The molecule has 0 saturated heterocycles. The first-order valence-electron chi connectivity index (χ1n) is 6.54. The van der Waals surface area contributed by atoms with Crippen molar-refractivity contribution in [2.75, 3.05) is 31.6 Å². The summed E-state index contributed by atoms with van der Waals surface area (Å²) >= 11 is 0. The molecule has 1 aromatic carbocycles. The van der Waals surface area contributed by atoms with Gasteiger partial charge in [0.1, 0.15) is 0 Å². The number of anilines is 1. The minimum absolute atomic E-state index is 0.00440. The standard InChI is InChI=1S/C14H20N2O2/c1-2-18-10-9-16-14(17)12-5-3-7-13-11(12)6-4-8-15-13/h3,5,7,15H,2,4,6,8-10H2,1H3,(H,16,17). The maximum atomic E-state index is 12.1. The second-order valence-corrected chi connectivity index (χ2v) is 4.31. The van der Waals surface area contributed by atoms with Crippen molar-refractivity contribution in [2.24, 2.45) is 0 Å². The highest BCUT2D eigenvalue weighted by molar-refractivity contribution is 5.97. The van der Waals surface area contributed by atoms with E-state index in [1.807, 2.05) is 25.1 Å². The van der Waals surface area contributed by atoms with Gasteiger partial charge >= 0.3 is 0 Å². The molecule has 0 bridgehead atoms. The Morgan fingerprint density at radius 3 is 3.22 bits per heavy atom. The summed E-state index contributed by atoms with van der Waals surface area (Å²) in [5.41, 5.74) is 3.02. The van der Waals surface area contributed by atoms with Crippen molar-refractivity contribution in [2.45, 2.75) is 19.8 Å². The molecule has 1 aliphatic rings. The van der Waals surface area contributed by atoms with Crippen LogP contribution in [0.25, 0.3) is 0 Å². The SMILES string of the molecule is CCOCCNC(=O)c1cccc2c1CCCN2. The van der Waals surface area contributed by atoms with E-state index in [0.29, 0.717) is 19.8 Å². The molecular weight excluding hydrogens is 228 g/mol. The van der Waals surface area contributed by atoms with Gasteiger partial charge in [-0.3, -0.25) is 4.79 Å². The van der Waals surface area contributed by atoms with E-state index < -0.39 is 0 Å². The molecule has 0 spiro atoms. The summed E-state index contributed by atoms with van der Waals surface area (Å²) in [6.45, 7) is 4.74. The first-order valence-corrected chi connectivity index (χ1v) is 6.54. The van der Waals surface area contributed by atoms with Gasteiger partial charge in [-0.15, -0.1) is 0 Å². The average Bonchev–Trinajstić information content (AvgIpc) is 2.43. The van der Waals surface area contributed by atoms with Crippen LogP contribution in [0.4, 0.5) is 5.69 Å². The summed E-state index contributed by atoms with van der Waals surface area (Å²) in [4.78, 5) is 12.1. The number of carbonyl (C=O) groups excluding carboxylic acids is 1. The third kappa shape index (κ3) is 3.01. The van der Waals surface area contributed by atoms with Crippen molar-refractivity contribution in [1.82, 2.24) is 5.32 Å². The molecule has 1 amide bonds. The monoisotopic (exact) mass is 248 g/mol. The van der Waals surface area contributed by atoms with Crippen LogP contribution in [0.5, 0.6) is 0 Å². The van der Waals surface area contributed by atoms with Gasteiger partial charge in [0.25, 0.3) is 5.91 Å². The van der Waals surface area contributed by atoms with E-state index in [0.717, 1.165) is 36.2 Å². The van der Waals surface area contributed by atoms with Gasteiger partial charge < -0.3 is 15.4 Å². The number of rotatable bonds is 5. The molecule has 0 unspecified atom stereocenters. The Bertz CT molecular complexity index is 418. The Morgan fingerprint density at radius 2 is 2.39 bits per heavy atom. The fourth-order valence-electron chi connectivity index (χ4n) is 2.20. The van der Waals surface area contributed by atoms with Gasteiger partial charge in [0.15, 0.2) is 0 Å². The Kier molecular flexibility index (Phi) is 4.59. The highest BCUT2D eigenvalue weighted by atomic mass is 16.5. The lowest BCUT2D eigenvalue weighted by atomic mass is 9.97. The zero-order chi connectivity index (χ0) is 12.8. The molecule has 0 aliphatic carbocycles. The molecule has 0 saturated carbocycles. The van der Waals surface area contributed by atoms with Crippen LogP contribution in [0.3, 0.4) is 0 Å². The Balaban J connectivity index is 2.01. The minimum atomic E-state index is -0.00440. The molecule has 1 aliphatic heterocycles. The van der Waals surface area contributed by atoms with Crippen molar-refractivity contribution in [1.29, 1.82) is 0 Å². The van der Waals surface area contributed by atoms with Crippen LogP contribution >= 0.6 is 0 Å². The second-order valence-electron chi connectivity index (χ2n) is 4.31. The van der Waals surface area contributed by atoms with Gasteiger partial charge in [-0.05, 0) is 37.5 Å². The number of ether oxygens (including phenoxy) is 1. The number of nitrogens with one attached hydrogen (secondary N) is 2. The highest BCUT2D eigenvalue weighted by Crippen LogP contribution is 2.25. The maximum absolute atomic E-state index is 12.1. The summed E-state index contributed by atoms with van der Waals surface area (Å²) in [6, 6.07) is 5.85. The van der Waals surface area contributed by atoms with Crippen molar-refractivity contribution >= 4 is 11.6 Å². The zero-order valence-corrected chi connectivity index (χ0v) is 10.8. The fourth-order valence-corrected chi connectivity index (χ4v) is 2.20. The van der Waals surface area contributed by atoms with Crippen LogP contribution < -0.4 is 10.6 Å². The molecule has 0 atom stereocenters. The van der Waals surface area contributed by atoms with Gasteiger partial charge in [0.05, 0.1) is 6.61 Å². The van der Waals surface area contributed by atoms with E-state index in [1.54, 1.807) is 0 Å². The first kappa shape index (κ1) is 12.9. The third-order valence-corrected chi connectivity index (χ3v) is 3.08. The van der Waals surface area contributed by atoms with Crippen molar-refractivity contribution in [3.05, 3.63) is 29.3 Å². The van der Waals surface area contributed by atoms with Crippen LogP contribution in [0.15, 0.2) is 18.2 Å². The quantitative estimate of drug-likeness (QED) is 0.781. The molecule has 2 N–H and O–H groups in total. The Morgan fingerprint density at radius 1 is 1.50 bits per heavy atom. The summed E-state index contributed by atoms with van der Waals surface area (Å²) in [5.74, 6) is -0.00440. The zero-order valence-electron chi connectivity index (χ0n) is 10.8. The summed E-state index contributed by atoms with van der Waals surface area (Å²) in [6.07, 6.45) is 2.05. The smallest absolute Gasteiger partial charge is 0.251 e. The predicted octanol–water partition coefficient (Wildman–Crippen LogP) is 1.81. The van der Waals surface area contributed by atoms with Crippen molar-refractivity contribution < 1.29 is 9.53 Å². The molecular formula is C14H20N2O2. The molecule has 0 radical (unpaired) electrons. The number of carbonyl (C=O) groups is 1. The molecule has 2 rings (SSSR count). The topological polar surface area (TPSA) is 50.4 Å². The lowest BCUT2D eigenvalue weighted by Gasteiger charge is -2.20. The first-order chi connectivity index (χ1) is 8.83. The fraction of sp³-hybridized carbons (Fsp3) is 0.500. The number of hydrogen-bond donors (Lipinski definition) is 2. The number of hydrogen-bond acceptors (Lipinski definition) is 3. The molecule has 1 heterocycles. The van der Waals surface area contributed by atoms with Crippen LogP contribution in [0, 0.1) is 0 Å². The van der Waals surface area contributed by atoms with Crippen molar-refractivity contribution in [3.63, 3.8) is 0 Å². The van der Waals surface area contributed by atoms with Crippen molar-refractivity contribution in [3.8, 4) is 0 Å². The average molecular weight is 248 g/mol. The van der Waals surface area contributed by atoms with Crippen LogP contribution in [0.1, 0.15) is 29.3 Å². The van der Waals surface area contributed by atoms with E-state index in [1.165, 1.54) is 0 Å². The van der Waals surface area contributed by atoms with Gasteiger partial charge in [0, 0.05) is 30.9 Å².